The summed E-state index contributed by atoms with van der Waals surface area (Å²) in [6.07, 6.45) is 1.32. The fourth-order valence-electron chi connectivity index (χ4n) is 3.56. The minimum Gasteiger partial charge on any atom is -0.497 e. The van der Waals surface area contributed by atoms with Gasteiger partial charge in [0, 0.05) is 16.5 Å². The monoisotopic (exact) mass is 492 g/mol. The van der Waals surface area contributed by atoms with Crippen LogP contribution in [0.1, 0.15) is 33.9 Å². The molecule has 162 valence electrons. The molecule has 0 N–H and O–H groups in total. The summed E-state index contributed by atoms with van der Waals surface area (Å²) in [5, 5.41) is 6.15. The van der Waals surface area contributed by atoms with Crippen LogP contribution in [0.25, 0.3) is 0 Å². The number of nitrogens with zero attached hydrogens (tertiary/aromatic N) is 2. The lowest BCUT2D eigenvalue weighted by Crippen LogP contribution is -2.31. The summed E-state index contributed by atoms with van der Waals surface area (Å²) in [5.74, 6) is 0.933. The third-order valence-corrected chi connectivity index (χ3v) is 5.67. The predicted octanol–water partition coefficient (Wildman–Crippen LogP) is 5.03. The maximum Gasteiger partial charge on any atom is 0.281 e. The third kappa shape index (κ3) is 4.89. The fraction of sp³-hybridized carbons (Fsp3) is 0.160. The molecule has 1 heterocycles. The zero-order valence-electron chi connectivity index (χ0n) is 17.4. The molecule has 0 saturated heterocycles. The van der Waals surface area contributed by atoms with E-state index in [4.69, 9.17) is 9.47 Å². The Morgan fingerprint density at radius 1 is 1.09 bits per heavy atom. The molecule has 1 aliphatic heterocycles. The second kappa shape index (κ2) is 9.78. The standard InChI is InChI=1S/C25H21BrN2O4/c1-31-21-10-8-18(9-11-21)24-14-23(19-5-3-6-20(26)13-19)27-28(24)25(30)16-32-22-7-2-4-17(12-22)15-29/h2-13,15,24H,14,16H2,1H3. The molecular formula is C25H21BrN2O4. The average Bonchev–Trinajstić information content (AvgIpc) is 3.28. The molecule has 1 unspecified atom stereocenters. The Hall–Kier alpha value is -3.45. The van der Waals surface area contributed by atoms with E-state index in [0.29, 0.717) is 17.7 Å². The molecular weight excluding hydrogens is 472 g/mol. The zero-order valence-corrected chi connectivity index (χ0v) is 19.0. The van der Waals surface area contributed by atoms with Crippen molar-refractivity contribution in [1.29, 1.82) is 0 Å². The molecule has 6 nitrogen and oxygen atoms in total. The zero-order chi connectivity index (χ0) is 22.5. The lowest BCUT2D eigenvalue weighted by atomic mass is 9.98. The number of amides is 1. The topological polar surface area (TPSA) is 68.2 Å². The van der Waals surface area contributed by atoms with Gasteiger partial charge < -0.3 is 9.47 Å². The summed E-state index contributed by atoms with van der Waals surface area (Å²) in [6.45, 7) is -0.190. The van der Waals surface area contributed by atoms with Crippen LogP contribution in [0.3, 0.4) is 0 Å². The molecule has 0 aliphatic carbocycles. The van der Waals surface area contributed by atoms with Gasteiger partial charge in [-0.15, -0.1) is 0 Å². The number of halogens is 1. The lowest BCUT2D eigenvalue weighted by molar-refractivity contribution is -0.135. The van der Waals surface area contributed by atoms with Crippen LogP contribution in [0.15, 0.2) is 82.4 Å². The number of hydrazone groups is 1. The molecule has 32 heavy (non-hydrogen) atoms. The van der Waals surface area contributed by atoms with Gasteiger partial charge in [0.1, 0.15) is 17.8 Å². The van der Waals surface area contributed by atoms with Gasteiger partial charge in [-0.3, -0.25) is 9.59 Å². The van der Waals surface area contributed by atoms with Gasteiger partial charge in [0.05, 0.1) is 18.9 Å². The molecule has 0 aromatic heterocycles. The van der Waals surface area contributed by atoms with Crippen LogP contribution in [0, 0.1) is 0 Å². The van der Waals surface area contributed by atoms with Gasteiger partial charge >= 0.3 is 0 Å². The molecule has 0 fully saturated rings. The van der Waals surface area contributed by atoms with Crippen LogP contribution >= 0.6 is 15.9 Å². The normalized spacial score (nSPS) is 15.2. The van der Waals surface area contributed by atoms with Crippen molar-refractivity contribution in [3.05, 3.63) is 94.0 Å². The highest BCUT2D eigenvalue weighted by Crippen LogP contribution is 2.34. The second-order valence-corrected chi connectivity index (χ2v) is 8.18. The molecule has 0 bridgehead atoms. The first kappa shape index (κ1) is 21.8. The summed E-state index contributed by atoms with van der Waals surface area (Å²) in [7, 11) is 1.62. The van der Waals surface area contributed by atoms with E-state index in [-0.39, 0.29) is 18.6 Å². The van der Waals surface area contributed by atoms with E-state index in [9.17, 15) is 9.59 Å². The Morgan fingerprint density at radius 2 is 1.88 bits per heavy atom. The Labute approximate surface area is 194 Å². The van der Waals surface area contributed by atoms with E-state index in [1.54, 1.807) is 31.4 Å². The van der Waals surface area contributed by atoms with Gasteiger partial charge in [-0.25, -0.2) is 5.01 Å². The highest BCUT2D eigenvalue weighted by atomic mass is 79.9. The molecule has 0 saturated carbocycles. The van der Waals surface area contributed by atoms with Crippen LogP contribution in [0.2, 0.25) is 0 Å². The summed E-state index contributed by atoms with van der Waals surface area (Å²) >= 11 is 3.50. The molecule has 3 aromatic rings. The summed E-state index contributed by atoms with van der Waals surface area (Å²) < 4.78 is 11.9. The molecule has 1 aliphatic rings. The van der Waals surface area contributed by atoms with Crippen LogP contribution in [0.4, 0.5) is 0 Å². The Kier molecular flexibility index (Phi) is 6.66. The minimum atomic E-state index is -0.271. The number of carbonyl (C=O) groups excluding carboxylic acids is 2. The molecule has 0 radical (unpaired) electrons. The fourth-order valence-corrected chi connectivity index (χ4v) is 3.96. The first-order chi connectivity index (χ1) is 15.6. The predicted molar refractivity (Wildman–Crippen MR) is 125 cm³/mol. The van der Waals surface area contributed by atoms with Gasteiger partial charge in [0.2, 0.25) is 0 Å². The number of hydrogen-bond acceptors (Lipinski definition) is 5. The van der Waals surface area contributed by atoms with Crippen molar-refractivity contribution in [2.75, 3.05) is 13.7 Å². The summed E-state index contributed by atoms with van der Waals surface area (Å²) in [4.78, 5) is 24.1. The van der Waals surface area contributed by atoms with Crippen LogP contribution in [-0.2, 0) is 4.79 Å². The van der Waals surface area contributed by atoms with Gasteiger partial charge in [-0.1, -0.05) is 52.3 Å². The van der Waals surface area contributed by atoms with Crippen LogP contribution in [-0.4, -0.2) is 36.6 Å². The number of hydrogen-bond donors (Lipinski definition) is 0. The van der Waals surface area contributed by atoms with Crippen LogP contribution in [0.5, 0.6) is 11.5 Å². The third-order valence-electron chi connectivity index (χ3n) is 5.18. The quantitative estimate of drug-likeness (QED) is 0.434. The van der Waals surface area contributed by atoms with Crippen LogP contribution < -0.4 is 9.47 Å². The average molecular weight is 493 g/mol. The first-order valence-corrected chi connectivity index (χ1v) is 10.8. The highest BCUT2D eigenvalue weighted by molar-refractivity contribution is 9.10. The maximum atomic E-state index is 13.1. The van der Waals surface area contributed by atoms with Gasteiger partial charge in [-0.2, -0.15) is 5.10 Å². The highest BCUT2D eigenvalue weighted by Gasteiger charge is 2.33. The van der Waals surface area contributed by atoms with Gasteiger partial charge in [0.15, 0.2) is 6.61 Å². The summed E-state index contributed by atoms with van der Waals surface area (Å²) in [5.41, 5.74) is 3.22. The Bertz CT molecular complexity index is 1160. The van der Waals surface area contributed by atoms with E-state index in [2.05, 4.69) is 21.0 Å². The molecule has 1 atom stereocenters. The number of aldehydes is 1. The van der Waals surface area contributed by atoms with Crippen molar-refractivity contribution in [3.8, 4) is 11.5 Å². The molecule has 4 rings (SSSR count). The number of methoxy groups -OCH3 is 1. The van der Waals surface area contributed by atoms with Gasteiger partial charge in [-0.05, 0) is 47.5 Å². The first-order valence-electron chi connectivity index (χ1n) is 10.0. The largest absolute Gasteiger partial charge is 0.497 e. The van der Waals surface area contributed by atoms with E-state index in [1.165, 1.54) is 5.01 Å². The molecule has 7 heteroatoms. The number of rotatable bonds is 7. The second-order valence-electron chi connectivity index (χ2n) is 7.27. The van der Waals surface area contributed by atoms with Crippen molar-refractivity contribution in [1.82, 2.24) is 5.01 Å². The van der Waals surface area contributed by atoms with Gasteiger partial charge in [0.25, 0.3) is 5.91 Å². The molecule has 0 spiro atoms. The SMILES string of the molecule is COc1ccc(C2CC(c3cccc(Br)c3)=NN2C(=O)COc2cccc(C=O)c2)cc1. The van der Waals surface area contributed by atoms with Crippen molar-refractivity contribution >= 4 is 33.8 Å². The number of carbonyl (C=O) groups is 2. The number of ether oxygens (including phenoxy) is 2. The van der Waals surface area contributed by atoms with E-state index >= 15 is 0 Å². The number of benzene rings is 3. The summed E-state index contributed by atoms with van der Waals surface area (Å²) in [6, 6.07) is 21.9. The van der Waals surface area contributed by atoms with Crippen molar-refractivity contribution in [2.45, 2.75) is 12.5 Å². The van der Waals surface area contributed by atoms with Crippen molar-refractivity contribution in [3.63, 3.8) is 0 Å². The van der Waals surface area contributed by atoms with E-state index < -0.39 is 0 Å². The molecule has 1 amide bonds. The Balaban J connectivity index is 1.58. The van der Waals surface area contributed by atoms with Crippen molar-refractivity contribution in [2.24, 2.45) is 5.10 Å². The van der Waals surface area contributed by atoms with E-state index in [0.717, 1.165) is 33.3 Å². The smallest absolute Gasteiger partial charge is 0.281 e. The minimum absolute atomic E-state index is 0.190. The lowest BCUT2D eigenvalue weighted by Gasteiger charge is -2.22. The van der Waals surface area contributed by atoms with E-state index in [1.807, 2.05) is 48.5 Å². The van der Waals surface area contributed by atoms with Crippen molar-refractivity contribution < 1.29 is 19.1 Å². The molecule has 3 aromatic carbocycles. The Morgan fingerprint density at radius 3 is 2.59 bits per heavy atom. The maximum absolute atomic E-state index is 13.1.